The summed E-state index contributed by atoms with van der Waals surface area (Å²) < 4.78 is 1.17. The maximum absolute atomic E-state index is 9.76. The Bertz CT molecular complexity index is 753. The molecule has 3 rings (SSSR count). The molecular formula is C16H16N2OS. The molecule has 2 N–H and O–H groups in total. The third kappa shape index (κ3) is 2.34. The molecular weight excluding hydrogens is 268 g/mol. The van der Waals surface area contributed by atoms with Crippen LogP contribution in [-0.2, 0) is 0 Å². The second-order valence-electron chi connectivity index (χ2n) is 4.76. The van der Waals surface area contributed by atoms with E-state index in [2.05, 4.69) is 22.4 Å². The zero-order valence-electron chi connectivity index (χ0n) is 11.5. The van der Waals surface area contributed by atoms with Crippen LogP contribution in [0.4, 0.5) is 5.69 Å². The molecule has 1 aliphatic rings. The van der Waals surface area contributed by atoms with Gasteiger partial charge in [-0.25, -0.2) is 4.98 Å². The van der Waals surface area contributed by atoms with Crippen molar-refractivity contribution in [3.63, 3.8) is 0 Å². The first kappa shape index (κ1) is 12.9. The van der Waals surface area contributed by atoms with E-state index in [9.17, 15) is 5.11 Å². The number of fused-ring (bicyclic) bond motifs is 1. The van der Waals surface area contributed by atoms with Crippen molar-refractivity contribution in [2.45, 2.75) is 13.3 Å². The number of nitrogens with zero attached hydrogens (tertiary/aromatic N) is 1. The topological polar surface area (TPSA) is 45.2 Å². The second kappa shape index (κ2) is 5.13. The zero-order valence-corrected chi connectivity index (χ0v) is 12.3. The predicted octanol–water partition coefficient (Wildman–Crippen LogP) is 4.51. The summed E-state index contributed by atoms with van der Waals surface area (Å²) in [5.41, 5.74) is 4.06. The molecule has 102 valence electrons. The third-order valence-electron chi connectivity index (χ3n) is 3.35. The van der Waals surface area contributed by atoms with Crippen molar-refractivity contribution >= 4 is 32.8 Å². The van der Waals surface area contributed by atoms with Crippen LogP contribution in [0.2, 0.25) is 0 Å². The highest BCUT2D eigenvalue weighted by atomic mass is 32.1. The molecule has 0 saturated carbocycles. The molecule has 0 amide bonds. The first-order chi connectivity index (χ1) is 9.67. The fourth-order valence-electron chi connectivity index (χ4n) is 2.18. The fourth-order valence-corrected chi connectivity index (χ4v) is 3.19. The van der Waals surface area contributed by atoms with Crippen LogP contribution >= 0.6 is 11.3 Å². The Morgan fingerprint density at radius 2 is 2.15 bits per heavy atom. The largest absolute Gasteiger partial charge is 0.508 e. The van der Waals surface area contributed by atoms with E-state index in [1.807, 2.05) is 38.3 Å². The monoisotopic (exact) mass is 284 g/mol. The Kier molecular flexibility index (Phi) is 3.32. The molecule has 1 aromatic heterocycles. The van der Waals surface area contributed by atoms with Gasteiger partial charge in [0.05, 0.1) is 10.2 Å². The van der Waals surface area contributed by atoms with E-state index in [1.165, 1.54) is 4.70 Å². The van der Waals surface area contributed by atoms with Gasteiger partial charge in [-0.1, -0.05) is 6.08 Å². The standard InChI is InChI=1S/C16H16N2OS/c1-10-8-11(4-3-5-14(10)19)16-18-13-7-6-12(17-2)9-15(13)20-16/h4-9,17,19H,3H2,1-2H3. The summed E-state index contributed by atoms with van der Waals surface area (Å²) in [6.45, 7) is 1.91. The van der Waals surface area contributed by atoms with Crippen molar-refractivity contribution in [1.82, 2.24) is 4.98 Å². The number of benzene rings is 1. The predicted molar refractivity (Wildman–Crippen MR) is 86.2 cm³/mol. The number of hydrogen-bond acceptors (Lipinski definition) is 4. The summed E-state index contributed by atoms with van der Waals surface area (Å²) in [6, 6.07) is 6.17. The maximum atomic E-state index is 9.76. The Morgan fingerprint density at radius 1 is 1.30 bits per heavy atom. The van der Waals surface area contributed by atoms with Gasteiger partial charge in [-0.3, -0.25) is 0 Å². The molecule has 0 fully saturated rings. The average Bonchev–Trinajstić information content (AvgIpc) is 2.80. The maximum Gasteiger partial charge on any atom is 0.124 e. The van der Waals surface area contributed by atoms with Gasteiger partial charge in [0.1, 0.15) is 10.8 Å². The third-order valence-corrected chi connectivity index (χ3v) is 4.42. The van der Waals surface area contributed by atoms with E-state index in [4.69, 9.17) is 0 Å². The molecule has 1 aliphatic carbocycles. The number of thiazole rings is 1. The first-order valence-electron chi connectivity index (χ1n) is 6.54. The van der Waals surface area contributed by atoms with Gasteiger partial charge in [0.25, 0.3) is 0 Å². The number of rotatable bonds is 2. The highest BCUT2D eigenvalue weighted by Crippen LogP contribution is 2.32. The van der Waals surface area contributed by atoms with Crippen molar-refractivity contribution < 1.29 is 5.11 Å². The molecule has 0 aliphatic heterocycles. The highest BCUT2D eigenvalue weighted by molar-refractivity contribution is 7.19. The first-order valence-corrected chi connectivity index (χ1v) is 7.35. The molecule has 2 aromatic rings. The van der Waals surface area contributed by atoms with Crippen LogP contribution < -0.4 is 5.32 Å². The van der Waals surface area contributed by atoms with Gasteiger partial charge in [-0.05, 0) is 49.3 Å². The van der Waals surface area contributed by atoms with E-state index >= 15 is 0 Å². The molecule has 0 atom stereocenters. The van der Waals surface area contributed by atoms with Gasteiger partial charge in [0, 0.05) is 18.3 Å². The minimum Gasteiger partial charge on any atom is -0.508 e. The SMILES string of the molecule is CNc1ccc2nc(C3=CCC=C(O)C(C)=C3)sc2c1. The number of nitrogens with one attached hydrogen (secondary N) is 1. The average molecular weight is 284 g/mol. The molecule has 0 radical (unpaired) electrons. The molecule has 20 heavy (non-hydrogen) atoms. The quantitative estimate of drug-likeness (QED) is 0.852. The summed E-state index contributed by atoms with van der Waals surface area (Å²) >= 11 is 1.68. The Balaban J connectivity index is 2.05. The van der Waals surface area contributed by atoms with Gasteiger partial charge in [-0.2, -0.15) is 0 Å². The van der Waals surface area contributed by atoms with Crippen LogP contribution in [0, 0.1) is 0 Å². The number of allylic oxidation sites excluding steroid dienone is 5. The Hall–Kier alpha value is -2.07. The summed E-state index contributed by atoms with van der Waals surface area (Å²) in [5, 5.41) is 13.9. The zero-order chi connectivity index (χ0) is 14.1. The smallest absolute Gasteiger partial charge is 0.124 e. The van der Waals surface area contributed by atoms with E-state index in [0.717, 1.165) is 33.8 Å². The molecule has 3 nitrogen and oxygen atoms in total. The lowest BCUT2D eigenvalue weighted by Gasteiger charge is -1.98. The molecule has 0 bridgehead atoms. The number of aliphatic hydroxyl groups is 1. The Morgan fingerprint density at radius 3 is 2.95 bits per heavy atom. The molecule has 1 aromatic carbocycles. The van der Waals surface area contributed by atoms with E-state index in [1.54, 1.807) is 11.3 Å². The van der Waals surface area contributed by atoms with E-state index in [-0.39, 0.29) is 0 Å². The lowest BCUT2D eigenvalue weighted by atomic mass is 10.2. The molecule has 0 spiro atoms. The van der Waals surface area contributed by atoms with Crippen molar-refractivity contribution in [1.29, 1.82) is 0 Å². The minimum atomic E-state index is 0.356. The normalized spacial score (nSPS) is 15.4. The molecule has 0 saturated heterocycles. The van der Waals surface area contributed by atoms with Gasteiger partial charge < -0.3 is 10.4 Å². The van der Waals surface area contributed by atoms with Crippen LogP contribution in [0.3, 0.4) is 0 Å². The number of anilines is 1. The van der Waals surface area contributed by atoms with Crippen molar-refractivity contribution in [2.75, 3.05) is 12.4 Å². The van der Waals surface area contributed by atoms with E-state index in [0.29, 0.717) is 5.76 Å². The summed E-state index contributed by atoms with van der Waals surface area (Å²) in [7, 11) is 1.91. The molecule has 0 unspecified atom stereocenters. The summed E-state index contributed by atoms with van der Waals surface area (Å²) in [6.07, 6.45) is 6.65. The van der Waals surface area contributed by atoms with Crippen LogP contribution in [0.25, 0.3) is 15.8 Å². The van der Waals surface area contributed by atoms with Gasteiger partial charge in [-0.15, -0.1) is 11.3 Å². The fraction of sp³-hybridized carbons (Fsp3) is 0.188. The minimum absolute atomic E-state index is 0.356. The molecule has 4 heteroatoms. The number of aromatic nitrogens is 1. The lowest BCUT2D eigenvalue weighted by Crippen LogP contribution is -1.85. The van der Waals surface area contributed by atoms with Crippen LogP contribution in [0.5, 0.6) is 0 Å². The second-order valence-corrected chi connectivity index (χ2v) is 5.79. The lowest BCUT2D eigenvalue weighted by molar-refractivity contribution is 0.422. The number of hydrogen-bond donors (Lipinski definition) is 2. The number of aliphatic hydroxyl groups excluding tert-OH is 1. The Labute approximate surface area is 122 Å². The van der Waals surface area contributed by atoms with Crippen LogP contribution in [0.1, 0.15) is 18.4 Å². The van der Waals surface area contributed by atoms with Crippen molar-refractivity contribution in [2.24, 2.45) is 0 Å². The van der Waals surface area contributed by atoms with Gasteiger partial charge in [0.15, 0.2) is 0 Å². The van der Waals surface area contributed by atoms with Crippen LogP contribution in [-0.4, -0.2) is 17.1 Å². The van der Waals surface area contributed by atoms with Gasteiger partial charge >= 0.3 is 0 Å². The summed E-state index contributed by atoms with van der Waals surface area (Å²) in [4.78, 5) is 4.69. The van der Waals surface area contributed by atoms with Crippen molar-refractivity contribution in [3.05, 3.63) is 52.8 Å². The van der Waals surface area contributed by atoms with Crippen molar-refractivity contribution in [3.8, 4) is 0 Å². The molecule has 1 heterocycles. The van der Waals surface area contributed by atoms with Gasteiger partial charge in [0.2, 0.25) is 0 Å². The summed E-state index contributed by atoms with van der Waals surface area (Å²) in [5.74, 6) is 0.356. The highest BCUT2D eigenvalue weighted by Gasteiger charge is 2.10. The van der Waals surface area contributed by atoms with E-state index < -0.39 is 0 Å². The van der Waals surface area contributed by atoms with Crippen LogP contribution in [0.15, 0.2) is 47.8 Å².